The normalized spacial score (nSPS) is 10.4. The Balaban J connectivity index is 2.23. The molecule has 0 spiro atoms. The minimum atomic E-state index is 0.624. The van der Waals surface area contributed by atoms with E-state index >= 15 is 0 Å². The number of nitrogen functional groups attached to an aromatic ring is 1. The molecule has 0 aliphatic rings. The first-order chi connectivity index (χ1) is 9.27. The van der Waals surface area contributed by atoms with Crippen LogP contribution in [0.4, 0.5) is 11.4 Å². The summed E-state index contributed by atoms with van der Waals surface area (Å²) in [4.78, 5) is 0. The quantitative estimate of drug-likeness (QED) is 0.504. The number of hydrogen-bond acceptors (Lipinski definition) is 4. The third kappa shape index (κ3) is 6.34. The van der Waals surface area contributed by atoms with Crippen molar-refractivity contribution in [3.05, 3.63) is 18.2 Å². The number of nitrogens with one attached hydrogen (secondary N) is 1. The lowest BCUT2D eigenvalue weighted by Gasteiger charge is -2.11. The van der Waals surface area contributed by atoms with Gasteiger partial charge in [0.25, 0.3) is 0 Å². The molecule has 0 bridgehead atoms. The third-order valence-corrected chi connectivity index (χ3v) is 2.75. The second-order valence-electron chi connectivity index (χ2n) is 4.43. The Hall–Kier alpha value is -1.42. The first kappa shape index (κ1) is 15.6. The fraction of sp³-hybridized carbons (Fsp3) is 0.600. The van der Waals surface area contributed by atoms with Crippen LogP contribution < -0.4 is 15.8 Å². The Morgan fingerprint density at radius 1 is 1.16 bits per heavy atom. The van der Waals surface area contributed by atoms with E-state index in [1.54, 1.807) is 0 Å². The number of unbranched alkanes of at least 4 members (excludes halogenated alkanes) is 1. The lowest BCUT2D eigenvalue weighted by Crippen LogP contribution is -2.07. The van der Waals surface area contributed by atoms with Crippen molar-refractivity contribution >= 4 is 11.4 Å². The second kappa shape index (κ2) is 9.50. The van der Waals surface area contributed by atoms with E-state index in [0.717, 1.165) is 44.0 Å². The summed E-state index contributed by atoms with van der Waals surface area (Å²) in [6, 6.07) is 5.78. The van der Waals surface area contributed by atoms with Gasteiger partial charge in [-0.05, 0) is 31.9 Å². The van der Waals surface area contributed by atoms with E-state index in [0.29, 0.717) is 12.3 Å². The zero-order chi connectivity index (χ0) is 13.9. The molecule has 0 amide bonds. The predicted octanol–water partition coefficient (Wildman–Crippen LogP) is 3.29. The van der Waals surface area contributed by atoms with Crippen LogP contribution in [0, 0.1) is 0 Å². The van der Waals surface area contributed by atoms with E-state index in [4.69, 9.17) is 15.2 Å². The average molecular weight is 266 g/mol. The monoisotopic (exact) mass is 266 g/mol. The number of nitrogens with two attached hydrogens (primary N) is 1. The van der Waals surface area contributed by atoms with Crippen LogP contribution in [0.3, 0.4) is 0 Å². The molecule has 1 aromatic carbocycles. The van der Waals surface area contributed by atoms with Crippen LogP contribution in [0.1, 0.15) is 33.1 Å². The van der Waals surface area contributed by atoms with Crippen molar-refractivity contribution in [3.8, 4) is 5.75 Å². The van der Waals surface area contributed by atoms with Crippen molar-refractivity contribution in [2.24, 2.45) is 0 Å². The zero-order valence-electron chi connectivity index (χ0n) is 12.1. The van der Waals surface area contributed by atoms with E-state index in [-0.39, 0.29) is 0 Å². The largest absolute Gasteiger partial charge is 0.492 e. The number of rotatable bonds is 10. The molecule has 0 unspecified atom stereocenters. The molecule has 1 aromatic rings. The molecule has 4 nitrogen and oxygen atoms in total. The van der Waals surface area contributed by atoms with Crippen LogP contribution >= 0.6 is 0 Å². The Kier molecular flexibility index (Phi) is 7.82. The van der Waals surface area contributed by atoms with Crippen molar-refractivity contribution in [1.82, 2.24) is 0 Å². The molecule has 0 saturated heterocycles. The number of hydrogen-bond donors (Lipinski definition) is 2. The van der Waals surface area contributed by atoms with Crippen molar-refractivity contribution in [2.75, 3.05) is 37.4 Å². The smallest absolute Gasteiger partial charge is 0.144 e. The molecule has 3 N–H and O–H groups in total. The van der Waals surface area contributed by atoms with Crippen LogP contribution in [0.5, 0.6) is 5.75 Å². The molecule has 0 heterocycles. The minimum Gasteiger partial charge on any atom is -0.492 e. The van der Waals surface area contributed by atoms with E-state index < -0.39 is 0 Å². The molecule has 0 aliphatic carbocycles. The van der Waals surface area contributed by atoms with Crippen LogP contribution in [0.15, 0.2) is 18.2 Å². The second-order valence-corrected chi connectivity index (χ2v) is 4.43. The van der Waals surface area contributed by atoms with Gasteiger partial charge in [-0.15, -0.1) is 0 Å². The summed E-state index contributed by atoms with van der Waals surface area (Å²) in [6.45, 7) is 7.31. The van der Waals surface area contributed by atoms with Crippen molar-refractivity contribution < 1.29 is 9.47 Å². The van der Waals surface area contributed by atoms with Gasteiger partial charge in [0.2, 0.25) is 0 Å². The highest BCUT2D eigenvalue weighted by Gasteiger charge is 2.01. The van der Waals surface area contributed by atoms with Crippen molar-refractivity contribution in [3.63, 3.8) is 0 Å². The predicted molar refractivity (Wildman–Crippen MR) is 80.9 cm³/mol. The summed E-state index contributed by atoms with van der Waals surface area (Å²) >= 11 is 0. The van der Waals surface area contributed by atoms with E-state index in [2.05, 4.69) is 12.2 Å². The molecule has 4 heteroatoms. The highest BCUT2D eigenvalue weighted by molar-refractivity contribution is 5.61. The molecule has 0 radical (unpaired) electrons. The maximum Gasteiger partial charge on any atom is 0.144 e. The molecule has 0 atom stereocenters. The zero-order valence-corrected chi connectivity index (χ0v) is 12.1. The summed E-state index contributed by atoms with van der Waals surface area (Å²) in [7, 11) is 0. The maximum atomic E-state index is 5.83. The van der Waals surface area contributed by atoms with Gasteiger partial charge in [-0.25, -0.2) is 0 Å². The SMILES string of the molecule is CCCCOCCCNc1ccc(N)c(OCC)c1. The van der Waals surface area contributed by atoms with Crippen LogP contribution in [0.2, 0.25) is 0 Å². The summed E-state index contributed by atoms with van der Waals surface area (Å²) in [5.74, 6) is 0.742. The summed E-state index contributed by atoms with van der Waals surface area (Å²) in [6.07, 6.45) is 3.32. The molecule has 0 saturated carbocycles. The topological polar surface area (TPSA) is 56.5 Å². The average Bonchev–Trinajstić information content (AvgIpc) is 2.41. The standard InChI is InChI=1S/C15H26N2O2/c1-3-5-10-18-11-6-9-17-13-7-8-14(16)15(12-13)19-4-2/h7-8,12,17H,3-6,9-11,16H2,1-2H3. The Labute approximate surface area is 116 Å². The lowest BCUT2D eigenvalue weighted by molar-refractivity contribution is 0.131. The summed E-state index contributed by atoms with van der Waals surface area (Å²) in [5, 5.41) is 3.35. The van der Waals surface area contributed by atoms with Gasteiger partial charge in [-0.2, -0.15) is 0 Å². The van der Waals surface area contributed by atoms with Gasteiger partial charge in [0.05, 0.1) is 12.3 Å². The van der Waals surface area contributed by atoms with E-state index in [1.165, 1.54) is 6.42 Å². The van der Waals surface area contributed by atoms with Gasteiger partial charge in [-0.1, -0.05) is 13.3 Å². The Morgan fingerprint density at radius 2 is 1.95 bits per heavy atom. The fourth-order valence-electron chi connectivity index (χ4n) is 1.68. The highest BCUT2D eigenvalue weighted by atomic mass is 16.5. The van der Waals surface area contributed by atoms with Gasteiger partial charge in [0.15, 0.2) is 0 Å². The van der Waals surface area contributed by atoms with Gasteiger partial charge in [0.1, 0.15) is 5.75 Å². The van der Waals surface area contributed by atoms with Gasteiger partial charge in [-0.3, -0.25) is 0 Å². The highest BCUT2D eigenvalue weighted by Crippen LogP contribution is 2.25. The van der Waals surface area contributed by atoms with E-state index in [9.17, 15) is 0 Å². The Bertz CT molecular complexity index is 356. The molecule has 19 heavy (non-hydrogen) atoms. The lowest BCUT2D eigenvalue weighted by atomic mass is 10.2. The molecule has 0 aromatic heterocycles. The van der Waals surface area contributed by atoms with E-state index in [1.807, 2.05) is 25.1 Å². The van der Waals surface area contributed by atoms with Gasteiger partial charge < -0.3 is 20.5 Å². The molecular formula is C15H26N2O2. The summed E-state index contributed by atoms with van der Waals surface area (Å²) in [5.41, 5.74) is 7.54. The molecule has 108 valence electrons. The number of benzene rings is 1. The molecule has 0 aliphatic heterocycles. The van der Waals surface area contributed by atoms with Crippen LogP contribution in [0.25, 0.3) is 0 Å². The van der Waals surface area contributed by atoms with Crippen LogP contribution in [-0.4, -0.2) is 26.4 Å². The van der Waals surface area contributed by atoms with Gasteiger partial charge >= 0.3 is 0 Å². The van der Waals surface area contributed by atoms with Crippen molar-refractivity contribution in [2.45, 2.75) is 33.1 Å². The molecule has 0 fully saturated rings. The van der Waals surface area contributed by atoms with Crippen LogP contribution in [-0.2, 0) is 4.74 Å². The minimum absolute atomic E-state index is 0.624. The fourth-order valence-corrected chi connectivity index (χ4v) is 1.68. The third-order valence-electron chi connectivity index (χ3n) is 2.75. The number of ether oxygens (including phenoxy) is 2. The van der Waals surface area contributed by atoms with Crippen molar-refractivity contribution in [1.29, 1.82) is 0 Å². The maximum absolute atomic E-state index is 5.83. The molecular weight excluding hydrogens is 240 g/mol. The van der Waals surface area contributed by atoms with Gasteiger partial charge in [0, 0.05) is 31.5 Å². The first-order valence-corrected chi connectivity index (χ1v) is 7.11. The summed E-state index contributed by atoms with van der Waals surface area (Å²) < 4.78 is 11.0. The molecule has 1 rings (SSSR count). The Morgan fingerprint density at radius 3 is 2.68 bits per heavy atom. The number of anilines is 2. The first-order valence-electron chi connectivity index (χ1n) is 7.11.